The van der Waals surface area contributed by atoms with E-state index in [1.807, 2.05) is 0 Å². The van der Waals surface area contributed by atoms with Gasteiger partial charge in [0, 0.05) is 37.7 Å². The predicted molar refractivity (Wildman–Crippen MR) is 26.1 cm³/mol. The summed E-state index contributed by atoms with van der Waals surface area (Å²) in [6.45, 7) is 0. The van der Waals surface area contributed by atoms with Crippen LogP contribution >= 0.6 is 0 Å². The van der Waals surface area contributed by atoms with Gasteiger partial charge in [-0.25, -0.2) is 0 Å². The second-order valence-electron chi connectivity index (χ2n) is 0.403. The Kier molecular flexibility index (Phi) is 42.6. The first-order valence-electron chi connectivity index (χ1n) is 1.31. The van der Waals surface area contributed by atoms with Crippen molar-refractivity contribution >= 4 is 52.4 Å². The molecule has 0 saturated heterocycles. The molecule has 2 N–H and O–H groups in total. The summed E-state index contributed by atoms with van der Waals surface area (Å²) in [5.41, 5.74) is 0. The van der Waals surface area contributed by atoms with Crippen LogP contribution in [0.15, 0.2) is 0 Å². The van der Waals surface area contributed by atoms with Crippen molar-refractivity contribution in [3.63, 3.8) is 0 Å². The van der Waals surface area contributed by atoms with Gasteiger partial charge in [-0.15, -0.1) is 0 Å². The third kappa shape index (κ3) is 57.3. The molecule has 46 valence electrons. The molecule has 0 spiro atoms. The second-order valence-corrected chi connectivity index (χ2v) is 0.403. The van der Waals surface area contributed by atoms with Crippen LogP contribution < -0.4 is 0 Å². The summed E-state index contributed by atoms with van der Waals surface area (Å²) < 4.78 is 17.4. The van der Waals surface area contributed by atoms with Crippen molar-refractivity contribution < 1.29 is 29.5 Å². The molecule has 0 aromatic rings. The van der Waals surface area contributed by atoms with Gasteiger partial charge in [-0.3, -0.25) is 0 Å². The van der Waals surface area contributed by atoms with E-state index < -0.39 is 0 Å². The summed E-state index contributed by atoms with van der Waals surface area (Å²) in [7, 11) is -0.139. The Hall–Kier alpha value is 0.510. The molecule has 9 heavy (non-hydrogen) atoms. The van der Waals surface area contributed by atoms with Crippen LogP contribution in [0.1, 0.15) is 0 Å². The van der Waals surface area contributed by atoms with Crippen molar-refractivity contribution in [3.8, 4) is 0 Å². The first-order chi connectivity index (χ1) is 3.83. The molecule has 0 unspecified atom stereocenters. The van der Waals surface area contributed by atoms with Crippen molar-refractivity contribution in [3.05, 3.63) is 0 Å². The van der Waals surface area contributed by atoms with Gasteiger partial charge in [-0.1, -0.05) is 0 Å². The van der Waals surface area contributed by atoms with Gasteiger partial charge >= 0.3 is 44.2 Å². The zero-order valence-corrected chi connectivity index (χ0v) is 6.60. The minimum absolute atomic E-state index is 0. The first kappa shape index (κ1) is 16.3. The summed E-state index contributed by atoms with van der Waals surface area (Å²) in [6.07, 6.45) is 0. The Morgan fingerprint density at radius 3 is 1.11 bits per heavy atom. The fraction of sp³-hybridized carbons (Fsp3) is 0. The molecule has 2 radical (unpaired) electrons. The molecule has 0 atom stereocenters. The molecule has 0 fully saturated rings. The summed E-state index contributed by atoms with van der Waals surface area (Å²) in [4.78, 5) is 5.72. The van der Waals surface area contributed by atoms with E-state index in [0.29, 0.717) is 0 Å². The molecular weight excluding hydrogens is 158 g/mol. The van der Waals surface area contributed by atoms with Crippen LogP contribution in [0, 0.1) is 0 Å². The molecule has 0 aliphatic rings. The normalized spacial score (nSPS) is 3.78. The first-order valence-corrected chi connectivity index (χ1v) is 1.31. The Balaban J connectivity index is -0.0000000720. The molecule has 0 rings (SSSR count). The van der Waals surface area contributed by atoms with Crippen molar-refractivity contribution in [2.75, 3.05) is 0 Å². The Morgan fingerprint density at radius 1 is 1.00 bits per heavy atom. The fourth-order valence-electron chi connectivity index (χ4n) is 0. The third-order valence-electron chi connectivity index (χ3n) is 0.0861. The van der Waals surface area contributed by atoms with Gasteiger partial charge < -0.3 is 0 Å². The van der Waals surface area contributed by atoms with E-state index in [1.54, 1.807) is 0 Å². The molecule has 0 amide bonds. The van der Waals surface area contributed by atoms with Crippen molar-refractivity contribution in [1.29, 1.82) is 0 Å². The van der Waals surface area contributed by atoms with Gasteiger partial charge in [0.05, 0.1) is 0 Å². The maximum atomic E-state index is 8.70. The van der Waals surface area contributed by atoms with Crippen LogP contribution in [-0.2, 0) is 19.0 Å². The molecule has 0 aliphatic heterocycles. The molecule has 0 bridgehead atoms. The predicted octanol–water partition coefficient (Wildman–Crippen LogP) is -1.50. The summed E-state index contributed by atoms with van der Waals surface area (Å²) in [5.74, 6) is 0. The van der Waals surface area contributed by atoms with E-state index in [2.05, 4.69) is 9.61 Å². The van der Waals surface area contributed by atoms with Crippen LogP contribution in [0.5, 0.6) is 0 Å². The Bertz CT molecular complexity index is 47.0. The molecular formula is H2B2CaO6. The number of hydrogen-bond acceptors (Lipinski definition) is 6. The average molecular weight is 160 g/mol. The minimum Gasteiger partial charge on any atom is 0 e. The maximum Gasteiger partial charge on any atom is 0 e. The molecule has 6 nitrogen and oxygen atoms in total. The molecule has 0 aliphatic carbocycles. The minimum atomic E-state index is -0.0694. The van der Waals surface area contributed by atoms with Gasteiger partial charge in [0.15, 0.2) is 0 Å². The zero-order chi connectivity index (χ0) is 6.83. The number of rotatable bonds is 2. The van der Waals surface area contributed by atoms with Crippen LogP contribution in [-0.4, -0.2) is 63.0 Å². The molecule has 0 aromatic carbocycles. The smallest absolute Gasteiger partial charge is 0 e. The van der Waals surface area contributed by atoms with Crippen molar-refractivity contribution in [2.45, 2.75) is 0 Å². The van der Waals surface area contributed by atoms with Crippen LogP contribution in [0.2, 0.25) is 0 Å². The monoisotopic (exact) mass is 160 g/mol. The van der Waals surface area contributed by atoms with Gasteiger partial charge in [0.25, 0.3) is 0 Å². The van der Waals surface area contributed by atoms with Crippen molar-refractivity contribution in [2.24, 2.45) is 0 Å². The Labute approximate surface area is 81.6 Å². The van der Waals surface area contributed by atoms with E-state index in [-0.39, 0.29) is 52.4 Å². The van der Waals surface area contributed by atoms with Gasteiger partial charge in [0.2, 0.25) is 0 Å². The van der Waals surface area contributed by atoms with Crippen LogP contribution in [0.3, 0.4) is 0 Å². The van der Waals surface area contributed by atoms with E-state index >= 15 is 0 Å². The van der Waals surface area contributed by atoms with E-state index in [0.717, 1.165) is 0 Å². The quantitative estimate of drug-likeness (QED) is 0.290. The largest absolute Gasteiger partial charge is 0 e. The molecule has 0 aromatic heterocycles. The topological polar surface area (TPSA) is 93.1 Å². The third-order valence-corrected chi connectivity index (χ3v) is 0.0861. The van der Waals surface area contributed by atoms with Gasteiger partial charge in [-0.05, 0) is 0 Å². The maximum absolute atomic E-state index is 8.70. The number of hydrogen-bond donors (Lipinski definition) is 2. The van der Waals surface area contributed by atoms with Gasteiger partial charge in [-0.2, -0.15) is 0 Å². The van der Waals surface area contributed by atoms with E-state index in [9.17, 15) is 0 Å². The van der Waals surface area contributed by atoms with E-state index in [1.165, 1.54) is 0 Å². The summed E-state index contributed by atoms with van der Waals surface area (Å²) in [6, 6.07) is 0. The van der Waals surface area contributed by atoms with Crippen molar-refractivity contribution in [1.82, 2.24) is 0 Å². The summed E-state index contributed by atoms with van der Waals surface area (Å²) in [5, 5.41) is 14.0. The average Bonchev–Trinajstić information content (AvgIpc) is 1.88. The Morgan fingerprint density at radius 2 is 1.11 bits per heavy atom. The molecule has 0 saturated carbocycles. The molecule has 9 heteroatoms. The van der Waals surface area contributed by atoms with Gasteiger partial charge in [0.1, 0.15) is 0 Å². The SMILES string of the molecule is O=BOO.O=BOO.[Ca]. The molecule has 0 heterocycles. The van der Waals surface area contributed by atoms with E-state index in [4.69, 9.17) is 19.9 Å². The zero-order valence-electron chi connectivity index (χ0n) is 4.39. The second kappa shape index (κ2) is 23.6. The van der Waals surface area contributed by atoms with Crippen LogP contribution in [0.25, 0.3) is 0 Å². The van der Waals surface area contributed by atoms with Crippen LogP contribution in [0.4, 0.5) is 0 Å². The fourth-order valence-corrected chi connectivity index (χ4v) is 0. The standard InChI is InChI=1S/2BHO3.Ca/c2*2-1-4-3;/h2*3H;. The summed E-state index contributed by atoms with van der Waals surface area (Å²) >= 11 is 0.